The zero-order valence-electron chi connectivity index (χ0n) is 9.32. The Morgan fingerprint density at radius 1 is 1.47 bits per heavy atom. The molecule has 0 unspecified atom stereocenters. The fraction of sp³-hybridized carbons (Fsp3) is 0.583. The third-order valence-corrected chi connectivity index (χ3v) is 2.93. The molecule has 3 nitrogen and oxygen atoms in total. The first-order valence-corrected chi connectivity index (χ1v) is 5.63. The Kier molecular flexibility index (Phi) is 3.69. The van der Waals surface area contributed by atoms with Crippen molar-refractivity contribution in [2.24, 2.45) is 5.92 Å². The van der Waals surface area contributed by atoms with E-state index in [-0.39, 0.29) is 0 Å². The van der Waals surface area contributed by atoms with Crippen LogP contribution in [0.5, 0.6) is 0 Å². The molecule has 1 aliphatic heterocycles. The minimum Gasteiger partial charge on any atom is -0.316 e. The van der Waals surface area contributed by atoms with Gasteiger partial charge in [0, 0.05) is 25.5 Å². The fourth-order valence-corrected chi connectivity index (χ4v) is 2.18. The van der Waals surface area contributed by atoms with Gasteiger partial charge < -0.3 is 10.2 Å². The van der Waals surface area contributed by atoms with E-state index in [0.29, 0.717) is 0 Å². The van der Waals surface area contributed by atoms with Crippen molar-refractivity contribution in [1.29, 1.82) is 0 Å². The predicted molar refractivity (Wildman–Crippen MR) is 61.5 cm³/mol. The van der Waals surface area contributed by atoms with Gasteiger partial charge in [-0.1, -0.05) is 0 Å². The average molecular weight is 205 g/mol. The summed E-state index contributed by atoms with van der Waals surface area (Å²) in [4.78, 5) is 6.42. The van der Waals surface area contributed by atoms with E-state index in [4.69, 9.17) is 0 Å². The highest BCUT2D eigenvalue weighted by Gasteiger charge is 2.16. The summed E-state index contributed by atoms with van der Waals surface area (Å²) < 4.78 is 0. The maximum absolute atomic E-state index is 4.03. The maximum atomic E-state index is 4.03. The zero-order chi connectivity index (χ0) is 10.5. The van der Waals surface area contributed by atoms with E-state index in [9.17, 15) is 0 Å². The van der Waals surface area contributed by atoms with Crippen LogP contribution in [0.4, 0.5) is 0 Å². The van der Waals surface area contributed by atoms with Gasteiger partial charge in [0.25, 0.3) is 0 Å². The van der Waals surface area contributed by atoms with Crippen molar-refractivity contribution in [3.63, 3.8) is 0 Å². The number of hydrogen-bond donors (Lipinski definition) is 1. The van der Waals surface area contributed by atoms with Crippen LogP contribution in [-0.4, -0.2) is 36.6 Å². The van der Waals surface area contributed by atoms with E-state index < -0.39 is 0 Å². The molecule has 3 heteroatoms. The van der Waals surface area contributed by atoms with Crippen LogP contribution < -0.4 is 5.32 Å². The molecule has 0 amide bonds. The Hall–Kier alpha value is -0.930. The largest absolute Gasteiger partial charge is 0.316 e. The molecule has 0 aromatic carbocycles. The second-order valence-corrected chi connectivity index (χ2v) is 4.41. The van der Waals surface area contributed by atoms with Crippen LogP contribution in [-0.2, 0) is 6.54 Å². The highest BCUT2D eigenvalue weighted by atomic mass is 15.1. The standard InChI is InChI=1S/C12H19N3/c1-15(10-12-4-7-14-8-12)9-11-2-5-13-6-3-11/h2-3,5-6,12,14H,4,7-10H2,1H3/t12-/m0/s1. The van der Waals surface area contributed by atoms with Gasteiger partial charge in [-0.25, -0.2) is 0 Å². The van der Waals surface area contributed by atoms with Gasteiger partial charge in [0.15, 0.2) is 0 Å². The molecule has 1 N–H and O–H groups in total. The quantitative estimate of drug-likeness (QED) is 0.798. The molecule has 1 aromatic heterocycles. The molecule has 2 rings (SSSR count). The highest BCUT2D eigenvalue weighted by molar-refractivity contribution is 5.09. The van der Waals surface area contributed by atoms with Crippen LogP contribution in [0.25, 0.3) is 0 Å². The third-order valence-electron chi connectivity index (χ3n) is 2.93. The Bertz CT molecular complexity index is 280. The molecule has 2 heterocycles. The molecule has 0 aliphatic carbocycles. The van der Waals surface area contributed by atoms with Gasteiger partial charge in [-0.15, -0.1) is 0 Å². The van der Waals surface area contributed by atoms with E-state index in [0.717, 1.165) is 12.5 Å². The highest BCUT2D eigenvalue weighted by Crippen LogP contribution is 2.10. The smallest absolute Gasteiger partial charge is 0.0271 e. The second-order valence-electron chi connectivity index (χ2n) is 4.41. The molecule has 0 spiro atoms. The molecule has 15 heavy (non-hydrogen) atoms. The van der Waals surface area contributed by atoms with Crippen molar-refractivity contribution in [2.45, 2.75) is 13.0 Å². The first-order valence-electron chi connectivity index (χ1n) is 5.63. The predicted octanol–water partition coefficient (Wildman–Crippen LogP) is 1.12. The first kappa shape index (κ1) is 10.6. The molecule has 0 saturated carbocycles. The van der Waals surface area contributed by atoms with Gasteiger partial charge in [-0.2, -0.15) is 0 Å². The minimum atomic E-state index is 0.830. The van der Waals surface area contributed by atoms with Gasteiger partial charge in [-0.3, -0.25) is 4.98 Å². The lowest BCUT2D eigenvalue weighted by Crippen LogP contribution is -2.26. The Balaban J connectivity index is 1.79. The topological polar surface area (TPSA) is 28.2 Å². The van der Waals surface area contributed by atoms with E-state index in [2.05, 4.69) is 34.4 Å². The van der Waals surface area contributed by atoms with Crippen LogP contribution >= 0.6 is 0 Å². The Labute approximate surface area is 91.5 Å². The molecule has 1 aliphatic rings. The lowest BCUT2D eigenvalue weighted by molar-refractivity contribution is 0.278. The van der Waals surface area contributed by atoms with Crippen molar-refractivity contribution in [1.82, 2.24) is 15.2 Å². The molecule has 0 radical (unpaired) electrons. The van der Waals surface area contributed by atoms with Crippen LogP contribution in [0.3, 0.4) is 0 Å². The summed E-state index contributed by atoms with van der Waals surface area (Å²) in [5.41, 5.74) is 1.35. The lowest BCUT2D eigenvalue weighted by Gasteiger charge is -2.20. The number of pyridine rings is 1. The Morgan fingerprint density at radius 2 is 2.27 bits per heavy atom. The number of nitrogens with zero attached hydrogens (tertiary/aromatic N) is 2. The van der Waals surface area contributed by atoms with Gasteiger partial charge in [0.2, 0.25) is 0 Å². The third kappa shape index (κ3) is 3.29. The Morgan fingerprint density at radius 3 is 2.93 bits per heavy atom. The summed E-state index contributed by atoms with van der Waals surface area (Å²) in [7, 11) is 2.19. The number of nitrogens with one attached hydrogen (secondary N) is 1. The number of hydrogen-bond acceptors (Lipinski definition) is 3. The maximum Gasteiger partial charge on any atom is 0.0271 e. The molecule has 82 valence electrons. The molecule has 1 atom stereocenters. The van der Waals surface area contributed by atoms with Gasteiger partial charge in [0.05, 0.1) is 0 Å². The van der Waals surface area contributed by atoms with Crippen molar-refractivity contribution < 1.29 is 0 Å². The van der Waals surface area contributed by atoms with E-state index in [1.54, 1.807) is 0 Å². The summed E-state index contributed by atoms with van der Waals surface area (Å²) >= 11 is 0. The average Bonchev–Trinajstić information content (AvgIpc) is 2.71. The van der Waals surface area contributed by atoms with Gasteiger partial charge >= 0.3 is 0 Å². The number of rotatable bonds is 4. The molecule has 1 aromatic rings. The van der Waals surface area contributed by atoms with Crippen molar-refractivity contribution in [3.8, 4) is 0 Å². The fourth-order valence-electron chi connectivity index (χ4n) is 2.18. The van der Waals surface area contributed by atoms with Gasteiger partial charge in [-0.05, 0) is 50.2 Å². The van der Waals surface area contributed by atoms with Crippen LogP contribution in [0, 0.1) is 5.92 Å². The first-order chi connectivity index (χ1) is 7.34. The summed E-state index contributed by atoms with van der Waals surface area (Å²) in [6.07, 6.45) is 5.04. The molecule has 0 bridgehead atoms. The summed E-state index contributed by atoms with van der Waals surface area (Å²) in [6, 6.07) is 4.17. The monoisotopic (exact) mass is 205 g/mol. The lowest BCUT2D eigenvalue weighted by atomic mass is 10.1. The normalized spacial score (nSPS) is 21.1. The molecular weight excluding hydrogens is 186 g/mol. The van der Waals surface area contributed by atoms with Crippen molar-refractivity contribution in [2.75, 3.05) is 26.7 Å². The molecule has 1 saturated heterocycles. The minimum absolute atomic E-state index is 0.830. The van der Waals surface area contributed by atoms with E-state index in [1.807, 2.05) is 12.4 Å². The number of aromatic nitrogens is 1. The van der Waals surface area contributed by atoms with Gasteiger partial charge in [0.1, 0.15) is 0 Å². The summed E-state index contributed by atoms with van der Waals surface area (Å²) in [6.45, 7) is 4.59. The van der Waals surface area contributed by atoms with Crippen LogP contribution in [0.2, 0.25) is 0 Å². The van der Waals surface area contributed by atoms with Crippen LogP contribution in [0.1, 0.15) is 12.0 Å². The van der Waals surface area contributed by atoms with E-state index in [1.165, 1.54) is 31.6 Å². The van der Waals surface area contributed by atoms with Crippen molar-refractivity contribution in [3.05, 3.63) is 30.1 Å². The molecular formula is C12H19N3. The zero-order valence-corrected chi connectivity index (χ0v) is 9.32. The second kappa shape index (κ2) is 5.24. The van der Waals surface area contributed by atoms with Crippen LogP contribution in [0.15, 0.2) is 24.5 Å². The molecule has 1 fully saturated rings. The van der Waals surface area contributed by atoms with E-state index >= 15 is 0 Å². The summed E-state index contributed by atoms with van der Waals surface area (Å²) in [5, 5.41) is 3.40. The summed E-state index contributed by atoms with van der Waals surface area (Å²) in [5.74, 6) is 0.830. The van der Waals surface area contributed by atoms with Crippen molar-refractivity contribution >= 4 is 0 Å². The SMILES string of the molecule is CN(Cc1ccncc1)C[C@H]1CCNC1.